The molecule has 2 amide bonds. The summed E-state index contributed by atoms with van der Waals surface area (Å²) in [6.07, 6.45) is 3.39. The maximum atomic E-state index is 11.8. The molecular formula is C18H38IN5O3. The molecule has 0 aliphatic heterocycles. The number of halogens is 1. The van der Waals surface area contributed by atoms with Crippen LogP contribution < -0.4 is 21.3 Å². The van der Waals surface area contributed by atoms with Crippen LogP contribution in [0.5, 0.6) is 0 Å². The number of nitrogens with zero attached hydrogens (tertiary/aromatic N) is 1. The largest absolute Gasteiger partial charge is 0.444 e. The lowest BCUT2D eigenvalue weighted by molar-refractivity contribution is -0.120. The molecule has 0 saturated heterocycles. The van der Waals surface area contributed by atoms with Crippen molar-refractivity contribution in [1.29, 1.82) is 0 Å². The Morgan fingerprint density at radius 1 is 1.07 bits per heavy atom. The molecule has 0 saturated carbocycles. The van der Waals surface area contributed by atoms with Crippen molar-refractivity contribution in [2.24, 2.45) is 4.99 Å². The maximum absolute atomic E-state index is 11.8. The summed E-state index contributed by atoms with van der Waals surface area (Å²) in [7, 11) is 1.65. The van der Waals surface area contributed by atoms with Crippen LogP contribution in [-0.4, -0.2) is 56.3 Å². The number of unbranched alkanes of at least 4 members (excludes halogenated alkanes) is 1. The summed E-state index contributed by atoms with van der Waals surface area (Å²) < 4.78 is 5.26. The standard InChI is InChI=1S/C18H37N5O3.HI/c1-7-9-10-14(12-22-17(25)26-18(3,4)5)23-16(19-6)21-13-15(24)20-11-8-2;/h14H,7-13H2,1-6H3,(H,20,24)(H,22,25)(H2,19,21,23);1H. The van der Waals surface area contributed by atoms with Gasteiger partial charge in [-0.2, -0.15) is 0 Å². The van der Waals surface area contributed by atoms with Crippen LogP contribution in [0.15, 0.2) is 4.99 Å². The molecule has 27 heavy (non-hydrogen) atoms. The van der Waals surface area contributed by atoms with E-state index < -0.39 is 11.7 Å². The van der Waals surface area contributed by atoms with E-state index in [9.17, 15) is 9.59 Å². The smallest absolute Gasteiger partial charge is 0.407 e. The normalized spacial score (nSPS) is 12.4. The van der Waals surface area contributed by atoms with Crippen molar-refractivity contribution >= 4 is 41.9 Å². The number of hydrogen-bond donors (Lipinski definition) is 4. The van der Waals surface area contributed by atoms with Gasteiger partial charge in [-0.05, 0) is 33.6 Å². The fourth-order valence-electron chi connectivity index (χ4n) is 2.08. The fourth-order valence-corrected chi connectivity index (χ4v) is 2.08. The van der Waals surface area contributed by atoms with Crippen molar-refractivity contribution in [3.63, 3.8) is 0 Å². The highest BCUT2D eigenvalue weighted by atomic mass is 127. The number of hydrogen-bond acceptors (Lipinski definition) is 4. The van der Waals surface area contributed by atoms with Gasteiger partial charge >= 0.3 is 6.09 Å². The lowest BCUT2D eigenvalue weighted by Crippen LogP contribution is -2.50. The second kappa shape index (κ2) is 15.8. The van der Waals surface area contributed by atoms with E-state index >= 15 is 0 Å². The third-order valence-corrected chi connectivity index (χ3v) is 3.35. The number of rotatable bonds is 10. The number of carbonyl (C=O) groups excluding carboxylic acids is 2. The third-order valence-electron chi connectivity index (χ3n) is 3.35. The van der Waals surface area contributed by atoms with Gasteiger partial charge < -0.3 is 26.0 Å². The number of nitrogens with one attached hydrogen (secondary N) is 4. The van der Waals surface area contributed by atoms with E-state index in [1.807, 2.05) is 27.7 Å². The number of alkyl carbamates (subject to hydrolysis) is 1. The van der Waals surface area contributed by atoms with Crippen LogP contribution >= 0.6 is 24.0 Å². The van der Waals surface area contributed by atoms with Crippen LogP contribution in [-0.2, 0) is 9.53 Å². The molecule has 0 aromatic rings. The van der Waals surface area contributed by atoms with E-state index in [4.69, 9.17) is 4.74 Å². The average molecular weight is 499 g/mol. The summed E-state index contributed by atoms with van der Waals surface area (Å²) in [6, 6.07) is -0.00706. The molecule has 0 aromatic heterocycles. The van der Waals surface area contributed by atoms with Gasteiger partial charge in [0.15, 0.2) is 5.96 Å². The molecule has 0 aliphatic rings. The topological polar surface area (TPSA) is 104 Å². The molecule has 0 bridgehead atoms. The van der Waals surface area contributed by atoms with E-state index in [1.165, 1.54) is 0 Å². The van der Waals surface area contributed by atoms with Gasteiger partial charge in [0.2, 0.25) is 5.91 Å². The van der Waals surface area contributed by atoms with E-state index in [-0.39, 0.29) is 42.5 Å². The zero-order valence-corrected chi connectivity index (χ0v) is 19.9. The number of carbonyl (C=O) groups is 2. The van der Waals surface area contributed by atoms with E-state index in [0.717, 1.165) is 25.7 Å². The summed E-state index contributed by atoms with van der Waals surface area (Å²) in [5.41, 5.74) is -0.528. The minimum absolute atomic E-state index is 0. The Morgan fingerprint density at radius 2 is 1.74 bits per heavy atom. The first-order valence-corrected chi connectivity index (χ1v) is 9.42. The number of aliphatic imine (C=N–C) groups is 1. The fraction of sp³-hybridized carbons (Fsp3) is 0.833. The summed E-state index contributed by atoms with van der Waals surface area (Å²) in [4.78, 5) is 27.7. The molecule has 9 heteroatoms. The first-order chi connectivity index (χ1) is 12.2. The first kappa shape index (κ1) is 28.0. The highest BCUT2D eigenvalue weighted by Gasteiger charge is 2.18. The Labute approximate surface area is 181 Å². The van der Waals surface area contributed by atoms with Crippen LogP contribution in [0, 0.1) is 0 Å². The van der Waals surface area contributed by atoms with Gasteiger partial charge in [-0.3, -0.25) is 9.79 Å². The van der Waals surface area contributed by atoms with Crippen molar-refractivity contribution in [2.45, 2.75) is 71.9 Å². The minimum Gasteiger partial charge on any atom is -0.444 e. The van der Waals surface area contributed by atoms with Crippen LogP contribution in [0.2, 0.25) is 0 Å². The Morgan fingerprint density at radius 3 is 2.26 bits per heavy atom. The molecule has 1 atom stereocenters. The Balaban J connectivity index is 0. The predicted molar refractivity (Wildman–Crippen MR) is 121 cm³/mol. The van der Waals surface area contributed by atoms with E-state index in [0.29, 0.717) is 19.0 Å². The second-order valence-corrected chi connectivity index (χ2v) is 7.14. The molecule has 1 unspecified atom stereocenters. The summed E-state index contributed by atoms with van der Waals surface area (Å²) >= 11 is 0. The van der Waals surface area contributed by atoms with Crippen LogP contribution in [0.3, 0.4) is 0 Å². The maximum Gasteiger partial charge on any atom is 0.407 e. The van der Waals surface area contributed by atoms with Gasteiger partial charge in [0, 0.05) is 26.2 Å². The molecule has 0 spiro atoms. The molecule has 0 heterocycles. The lowest BCUT2D eigenvalue weighted by atomic mass is 10.1. The monoisotopic (exact) mass is 499 g/mol. The molecule has 0 fully saturated rings. The van der Waals surface area contributed by atoms with Gasteiger partial charge in [-0.15, -0.1) is 24.0 Å². The van der Waals surface area contributed by atoms with Gasteiger partial charge in [0.25, 0.3) is 0 Å². The van der Waals surface area contributed by atoms with Crippen molar-refractivity contribution in [3.8, 4) is 0 Å². The molecule has 0 rings (SSSR count). The molecular weight excluding hydrogens is 461 g/mol. The van der Waals surface area contributed by atoms with Crippen LogP contribution in [0.1, 0.15) is 60.3 Å². The minimum atomic E-state index is -0.528. The molecule has 8 nitrogen and oxygen atoms in total. The van der Waals surface area contributed by atoms with Crippen LogP contribution in [0.4, 0.5) is 4.79 Å². The molecule has 0 radical (unpaired) electrons. The highest BCUT2D eigenvalue weighted by molar-refractivity contribution is 14.0. The van der Waals surface area contributed by atoms with Crippen molar-refractivity contribution in [2.75, 3.05) is 26.7 Å². The molecule has 4 N–H and O–H groups in total. The van der Waals surface area contributed by atoms with Crippen LogP contribution in [0.25, 0.3) is 0 Å². The SMILES string of the molecule is CCCCC(CNC(=O)OC(C)(C)C)NC(=NC)NCC(=O)NCCC.I. The van der Waals surface area contributed by atoms with Crippen molar-refractivity contribution in [3.05, 3.63) is 0 Å². The van der Waals surface area contributed by atoms with Gasteiger partial charge in [-0.25, -0.2) is 4.79 Å². The summed E-state index contributed by atoms with van der Waals surface area (Å²) in [5, 5.41) is 11.8. The van der Waals surface area contributed by atoms with Gasteiger partial charge in [0.1, 0.15) is 5.60 Å². The van der Waals surface area contributed by atoms with Gasteiger partial charge in [-0.1, -0.05) is 26.7 Å². The van der Waals surface area contributed by atoms with Crippen molar-refractivity contribution < 1.29 is 14.3 Å². The Kier molecular flexibility index (Phi) is 16.3. The number of guanidine groups is 1. The first-order valence-electron chi connectivity index (χ1n) is 9.42. The summed E-state index contributed by atoms with van der Waals surface area (Å²) in [6.45, 7) is 10.8. The quantitative estimate of drug-likeness (QED) is 0.210. The third kappa shape index (κ3) is 16.6. The zero-order valence-electron chi connectivity index (χ0n) is 17.6. The second-order valence-electron chi connectivity index (χ2n) is 7.14. The molecule has 0 aliphatic carbocycles. The predicted octanol–water partition coefficient (Wildman–Crippen LogP) is 2.38. The zero-order chi connectivity index (χ0) is 20.0. The number of amides is 2. The summed E-state index contributed by atoms with van der Waals surface area (Å²) in [5.74, 6) is 0.454. The Hall–Kier alpha value is -1.26. The van der Waals surface area contributed by atoms with E-state index in [1.54, 1.807) is 7.05 Å². The van der Waals surface area contributed by atoms with Gasteiger partial charge in [0.05, 0.1) is 6.54 Å². The lowest BCUT2D eigenvalue weighted by Gasteiger charge is -2.24. The molecule has 160 valence electrons. The average Bonchev–Trinajstić information content (AvgIpc) is 2.56. The number of ether oxygens (including phenoxy) is 1. The van der Waals surface area contributed by atoms with E-state index in [2.05, 4.69) is 33.2 Å². The Bertz CT molecular complexity index is 453. The van der Waals surface area contributed by atoms with Crippen molar-refractivity contribution in [1.82, 2.24) is 21.3 Å². The molecule has 0 aromatic carbocycles. The highest BCUT2D eigenvalue weighted by Crippen LogP contribution is 2.06.